The Morgan fingerprint density at radius 2 is 2.44 bits per heavy atom. The Balaban J connectivity index is 1.78. The third kappa shape index (κ3) is 3.19. The molecule has 16 heavy (non-hydrogen) atoms. The molecular formula is C12H17BrN2O. The molecule has 1 N–H and O–H groups in total. The van der Waals surface area contributed by atoms with Crippen molar-refractivity contribution in [1.29, 1.82) is 0 Å². The van der Waals surface area contributed by atoms with E-state index in [-0.39, 0.29) is 0 Å². The minimum atomic E-state index is 0.728. The molecule has 1 unspecified atom stereocenters. The molecule has 2 rings (SSSR count). The van der Waals surface area contributed by atoms with Crippen LogP contribution in [0.4, 0.5) is 0 Å². The summed E-state index contributed by atoms with van der Waals surface area (Å²) in [4.78, 5) is 4.35. The number of rotatable bonds is 4. The molecule has 0 aromatic carbocycles. The molecule has 1 aromatic heterocycles. The number of aryl methyl sites for hydroxylation is 1. The molecule has 3 nitrogen and oxygen atoms in total. The van der Waals surface area contributed by atoms with Crippen molar-refractivity contribution in [3.05, 3.63) is 22.3 Å². The molecule has 0 amide bonds. The average molecular weight is 285 g/mol. The van der Waals surface area contributed by atoms with Crippen LogP contribution in [-0.2, 0) is 0 Å². The summed E-state index contributed by atoms with van der Waals surface area (Å²) in [6, 6.07) is 3.89. The van der Waals surface area contributed by atoms with Crippen molar-refractivity contribution in [3.8, 4) is 5.88 Å². The Kier molecular flexibility index (Phi) is 4.18. The standard InChI is InChI=1S/C12H17BrN2O/c1-9-11(13)2-3-12(15-9)16-7-5-10-4-6-14-8-10/h2-3,10,14H,4-8H2,1H3. The van der Waals surface area contributed by atoms with Crippen LogP contribution in [0.2, 0.25) is 0 Å². The molecule has 0 spiro atoms. The predicted octanol–water partition coefficient (Wildman–Crippen LogP) is 2.53. The first-order valence-electron chi connectivity index (χ1n) is 5.72. The van der Waals surface area contributed by atoms with Gasteiger partial charge < -0.3 is 10.1 Å². The second-order valence-electron chi connectivity index (χ2n) is 4.21. The van der Waals surface area contributed by atoms with Gasteiger partial charge in [-0.25, -0.2) is 4.98 Å². The maximum absolute atomic E-state index is 5.64. The third-order valence-corrected chi connectivity index (χ3v) is 3.77. The van der Waals surface area contributed by atoms with Crippen LogP contribution in [0.1, 0.15) is 18.5 Å². The lowest BCUT2D eigenvalue weighted by Gasteiger charge is -2.09. The SMILES string of the molecule is Cc1nc(OCCC2CCNC2)ccc1Br. The summed E-state index contributed by atoms with van der Waals surface area (Å²) in [7, 11) is 0. The molecule has 0 aliphatic carbocycles. The number of hydrogen-bond donors (Lipinski definition) is 1. The highest BCUT2D eigenvalue weighted by atomic mass is 79.9. The summed E-state index contributed by atoms with van der Waals surface area (Å²) in [6.45, 7) is 5.02. The summed E-state index contributed by atoms with van der Waals surface area (Å²) in [5.41, 5.74) is 0.972. The van der Waals surface area contributed by atoms with Gasteiger partial charge in [0.25, 0.3) is 0 Å². The Hall–Kier alpha value is -0.610. The van der Waals surface area contributed by atoms with Gasteiger partial charge in [0.05, 0.1) is 12.3 Å². The van der Waals surface area contributed by atoms with E-state index in [2.05, 4.69) is 26.2 Å². The zero-order valence-corrected chi connectivity index (χ0v) is 11.1. The van der Waals surface area contributed by atoms with Gasteiger partial charge in [-0.15, -0.1) is 0 Å². The first-order valence-corrected chi connectivity index (χ1v) is 6.51. The summed E-state index contributed by atoms with van der Waals surface area (Å²) in [5.74, 6) is 1.50. The number of ether oxygens (including phenoxy) is 1. The van der Waals surface area contributed by atoms with E-state index >= 15 is 0 Å². The highest BCUT2D eigenvalue weighted by Gasteiger charge is 2.14. The van der Waals surface area contributed by atoms with Crippen molar-refractivity contribution >= 4 is 15.9 Å². The van der Waals surface area contributed by atoms with E-state index in [9.17, 15) is 0 Å². The molecule has 4 heteroatoms. The van der Waals surface area contributed by atoms with E-state index in [1.165, 1.54) is 6.42 Å². The maximum atomic E-state index is 5.64. The van der Waals surface area contributed by atoms with Crippen LogP contribution in [-0.4, -0.2) is 24.7 Å². The minimum Gasteiger partial charge on any atom is -0.478 e. The lowest BCUT2D eigenvalue weighted by molar-refractivity contribution is 0.273. The number of halogens is 1. The largest absolute Gasteiger partial charge is 0.478 e. The van der Waals surface area contributed by atoms with Gasteiger partial charge in [-0.2, -0.15) is 0 Å². The molecular weight excluding hydrogens is 268 g/mol. The van der Waals surface area contributed by atoms with Crippen LogP contribution in [0.25, 0.3) is 0 Å². The third-order valence-electron chi connectivity index (χ3n) is 2.93. The van der Waals surface area contributed by atoms with Crippen LogP contribution in [0.15, 0.2) is 16.6 Å². The van der Waals surface area contributed by atoms with Gasteiger partial charge in [-0.05, 0) is 60.8 Å². The molecule has 1 aliphatic rings. The first-order chi connectivity index (χ1) is 7.75. The van der Waals surface area contributed by atoms with Crippen LogP contribution < -0.4 is 10.1 Å². The zero-order valence-electron chi connectivity index (χ0n) is 9.50. The fourth-order valence-corrected chi connectivity index (χ4v) is 2.11. The summed E-state index contributed by atoms with van der Waals surface area (Å²) in [6.07, 6.45) is 2.39. The van der Waals surface area contributed by atoms with E-state index in [4.69, 9.17) is 4.74 Å². The van der Waals surface area contributed by atoms with Gasteiger partial charge in [0.2, 0.25) is 5.88 Å². The van der Waals surface area contributed by atoms with Gasteiger partial charge >= 0.3 is 0 Å². The van der Waals surface area contributed by atoms with Crippen molar-refractivity contribution in [2.45, 2.75) is 19.8 Å². The molecule has 1 aliphatic heterocycles. The number of nitrogens with one attached hydrogen (secondary N) is 1. The molecule has 0 radical (unpaired) electrons. The molecule has 88 valence electrons. The van der Waals surface area contributed by atoms with Gasteiger partial charge in [0.15, 0.2) is 0 Å². The molecule has 0 saturated carbocycles. The quantitative estimate of drug-likeness (QED) is 0.923. The lowest BCUT2D eigenvalue weighted by atomic mass is 10.1. The second kappa shape index (κ2) is 5.64. The molecule has 1 fully saturated rings. The van der Waals surface area contributed by atoms with Crippen molar-refractivity contribution < 1.29 is 4.74 Å². The zero-order chi connectivity index (χ0) is 11.4. The predicted molar refractivity (Wildman–Crippen MR) is 67.8 cm³/mol. The van der Waals surface area contributed by atoms with Crippen molar-refractivity contribution in [3.63, 3.8) is 0 Å². The Morgan fingerprint density at radius 1 is 1.56 bits per heavy atom. The molecule has 2 heterocycles. The summed E-state index contributed by atoms with van der Waals surface area (Å²) < 4.78 is 6.67. The van der Waals surface area contributed by atoms with E-state index in [0.29, 0.717) is 0 Å². The van der Waals surface area contributed by atoms with Gasteiger partial charge in [-0.1, -0.05) is 0 Å². The smallest absolute Gasteiger partial charge is 0.213 e. The van der Waals surface area contributed by atoms with Crippen LogP contribution in [0.5, 0.6) is 5.88 Å². The second-order valence-corrected chi connectivity index (χ2v) is 5.07. The Bertz CT molecular complexity index is 351. The average Bonchev–Trinajstić information content (AvgIpc) is 2.76. The van der Waals surface area contributed by atoms with Crippen LogP contribution in [0.3, 0.4) is 0 Å². The maximum Gasteiger partial charge on any atom is 0.213 e. The van der Waals surface area contributed by atoms with E-state index < -0.39 is 0 Å². The van der Waals surface area contributed by atoms with E-state index in [1.807, 2.05) is 19.1 Å². The van der Waals surface area contributed by atoms with Crippen LogP contribution >= 0.6 is 15.9 Å². The number of pyridine rings is 1. The first kappa shape index (κ1) is 11.9. The Morgan fingerprint density at radius 3 is 3.12 bits per heavy atom. The van der Waals surface area contributed by atoms with E-state index in [1.54, 1.807) is 0 Å². The number of nitrogens with zero attached hydrogens (tertiary/aromatic N) is 1. The van der Waals surface area contributed by atoms with Gasteiger partial charge in [0.1, 0.15) is 0 Å². The normalized spacial score (nSPS) is 20.0. The Labute approximate surface area is 105 Å². The summed E-state index contributed by atoms with van der Waals surface area (Å²) in [5, 5.41) is 3.36. The highest BCUT2D eigenvalue weighted by molar-refractivity contribution is 9.10. The molecule has 0 bridgehead atoms. The molecule has 1 aromatic rings. The van der Waals surface area contributed by atoms with Crippen molar-refractivity contribution in [1.82, 2.24) is 10.3 Å². The number of aromatic nitrogens is 1. The lowest BCUT2D eigenvalue weighted by Crippen LogP contribution is -2.12. The molecule has 1 saturated heterocycles. The van der Waals surface area contributed by atoms with Crippen molar-refractivity contribution in [2.75, 3.05) is 19.7 Å². The van der Waals surface area contributed by atoms with Gasteiger partial charge in [-0.3, -0.25) is 0 Å². The fourth-order valence-electron chi connectivity index (χ4n) is 1.89. The van der Waals surface area contributed by atoms with E-state index in [0.717, 1.165) is 48.1 Å². The topological polar surface area (TPSA) is 34.1 Å². The van der Waals surface area contributed by atoms with Crippen LogP contribution in [0, 0.1) is 12.8 Å². The molecule has 1 atom stereocenters. The number of hydrogen-bond acceptors (Lipinski definition) is 3. The summed E-state index contributed by atoms with van der Waals surface area (Å²) >= 11 is 3.43. The highest BCUT2D eigenvalue weighted by Crippen LogP contribution is 2.18. The minimum absolute atomic E-state index is 0.728. The fraction of sp³-hybridized carbons (Fsp3) is 0.583. The van der Waals surface area contributed by atoms with Crippen molar-refractivity contribution in [2.24, 2.45) is 5.92 Å². The monoisotopic (exact) mass is 284 g/mol. The van der Waals surface area contributed by atoms with Gasteiger partial charge in [0, 0.05) is 10.5 Å².